The van der Waals surface area contributed by atoms with Crippen LogP contribution in [0.4, 0.5) is 0 Å². The molecule has 0 aliphatic carbocycles. The summed E-state index contributed by atoms with van der Waals surface area (Å²) >= 11 is 0. The van der Waals surface area contributed by atoms with E-state index in [0.29, 0.717) is 17.0 Å². The molecule has 2 aromatic rings. The lowest BCUT2D eigenvalue weighted by atomic mass is 9.82. The minimum Gasteiger partial charge on any atom is -0.503 e. The maximum Gasteiger partial charge on any atom is 0.290 e. The molecule has 3 rings (SSSR count). The lowest BCUT2D eigenvalue weighted by Crippen LogP contribution is -2.33. The summed E-state index contributed by atoms with van der Waals surface area (Å²) in [6.45, 7) is 5.45. The summed E-state index contributed by atoms with van der Waals surface area (Å²) in [6, 6.07) is 11.9. The van der Waals surface area contributed by atoms with Crippen LogP contribution in [0.25, 0.3) is 0 Å². The van der Waals surface area contributed by atoms with Crippen LogP contribution in [0, 0.1) is 5.41 Å². The number of pyridine rings is 1. The number of benzene rings is 1. The van der Waals surface area contributed by atoms with Gasteiger partial charge in [0, 0.05) is 17.2 Å². The zero-order chi connectivity index (χ0) is 20.5. The van der Waals surface area contributed by atoms with Crippen LogP contribution in [0.5, 0.6) is 5.75 Å². The number of para-hydroxylation sites is 1. The fraction of sp³-hybridized carbons (Fsp3) is 0.318. The second-order valence-electron chi connectivity index (χ2n) is 7.74. The Bertz CT molecular complexity index is 929. The Morgan fingerprint density at radius 2 is 1.86 bits per heavy atom. The molecule has 2 heterocycles. The highest BCUT2D eigenvalue weighted by Gasteiger charge is 2.46. The van der Waals surface area contributed by atoms with E-state index in [1.165, 1.54) is 12.0 Å². The van der Waals surface area contributed by atoms with Crippen molar-refractivity contribution < 1.29 is 19.4 Å². The van der Waals surface area contributed by atoms with Gasteiger partial charge in [0.25, 0.3) is 5.91 Å². The number of carbonyl (C=O) groups is 2. The van der Waals surface area contributed by atoms with Crippen molar-refractivity contribution in [3.63, 3.8) is 0 Å². The van der Waals surface area contributed by atoms with E-state index in [1.54, 1.807) is 51.2 Å². The molecule has 1 aliphatic rings. The summed E-state index contributed by atoms with van der Waals surface area (Å²) in [7, 11) is 1.54. The summed E-state index contributed by atoms with van der Waals surface area (Å²) in [5.41, 5.74) is 0.641. The third-order valence-electron chi connectivity index (χ3n) is 4.72. The largest absolute Gasteiger partial charge is 0.503 e. The predicted octanol–water partition coefficient (Wildman–Crippen LogP) is 3.60. The van der Waals surface area contributed by atoms with Crippen LogP contribution in [-0.2, 0) is 16.1 Å². The molecule has 1 aliphatic heterocycles. The first kappa shape index (κ1) is 19.6. The van der Waals surface area contributed by atoms with Crippen LogP contribution >= 0.6 is 0 Å². The third-order valence-corrected chi connectivity index (χ3v) is 4.72. The van der Waals surface area contributed by atoms with Gasteiger partial charge >= 0.3 is 0 Å². The molecule has 0 saturated heterocycles. The van der Waals surface area contributed by atoms with E-state index in [9.17, 15) is 14.7 Å². The lowest BCUT2D eigenvalue weighted by molar-refractivity contribution is -0.130. The van der Waals surface area contributed by atoms with Gasteiger partial charge in [0.05, 0.1) is 31.0 Å². The molecular formula is C22H24N2O4. The first-order chi connectivity index (χ1) is 13.3. The molecule has 1 aromatic heterocycles. The second-order valence-corrected chi connectivity index (χ2v) is 7.74. The number of hydrogen-bond acceptors (Lipinski definition) is 5. The fourth-order valence-electron chi connectivity index (χ4n) is 3.33. The van der Waals surface area contributed by atoms with Crippen LogP contribution in [-0.4, -0.2) is 33.8 Å². The number of nitrogens with zero attached hydrogens (tertiary/aromatic N) is 2. The van der Waals surface area contributed by atoms with Crippen LogP contribution in [0.3, 0.4) is 0 Å². The zero-order valence-corrected chi connectivity index (χ0v) is 16.5. The Hall–Kier alpha value is -3.15. The van der Waals surface area contributed by atoms with Crippen LogP contribution in [0.2, 0.25) is 0 Å². The number of methoxy groups -OCH3 is 1. The van der Waals surface area contributed by atoms with Crippen molar-refractivity contribution in [1.29, 1.82) is 0 Å². The molecule has 6 heteroatoms. The van der Waals surface area contributed by atoms with Crippen molar-refractivity contribution >= 4 is 11.7 Å². The van der Waals surface area contributed by atoms with Crippen molar-refractivity contribution in [2.24, 2.45) is 5.41 Å². The summed E-state index contributed by atoms with van der Waals surface area (Å²) in [5, 5.41) is 10.6. The van der Waals surface area contributed by atoms with Crippen molar-refractivity contribution in [2.45, 2.75) is 33.4 Å². The smallest absolute Gasteiger partial charge is 0.290 e. The Balaban J connectivity index is 2.15. The number of aromatic nitrogens is 1. The topological polar surface area (TPSA) is 79.7 Å². The maximum atomic E-state index is 13.2. The summed E-state index contributed by atoms with van der Waals surface area (Å²) in [4.78, 5) is 31.8. The van der Waals surface area contributed by atoms with Crippen molar-refractivity contribution in [1.82, 2.24) is 9.88 Å². The molecule has 0 spiro atoms. The normalized spacial score (nSPS) is 17.2. The number of aliphatic hydroxyl groups is 1. The first-order valence-corrected chi connectivity index (χ1v) is 9.07. The van der Waals surface area contributed by atoms with Gasteiger partial charge in [-0.1, -0.05) is 45.0 Å². The van der Waals surface area contributed by atoms with E-state index >= 15 is 0 Å². The van der Waals surface area contributed by atoms with E-state index < -0.39 is 23.1 Å². The molecule has 1 amide bonds. The van der Waals surface area contributed by atoms with Gasteiger partial charge in [-0.05, 0) is 18.2 Å². The molecule has 1 unspecified atom stereocenters. The van der Waals surface area contributed by atoms with Gasteiger partial charge in [0.1, 0.15) is 5.75 Å². The lowest BCUT2D eigenvalue weighted by Gasteiger charge is -2.29. The number of rotatable bonds is 5. The van der Waals surface area contributed by atoms with Gasteiger partial charge in [0.2, 0.25) is 0 Å². The summed E-state index contributed by atoms with van der Waals surface area (Å²) in [6.07, 6.45) is 1.64. The van der Waals surface area contributed by atoms with E-state index in [4.69, 9.17) is 4.74 Å². The van der Waals surface area contributed by atoms with Gasteiger partial charge in [-0.3, -0.25) is 14.6 Å². The van der Waals surface area contributed by atoms with Gasteiger partial charge in [-0.2, -0.15) is 0 Å². The Morgan fingerprint density at radius 3 is 2.46 bits per heavy atom. The van der Waals surface area contributed by atoms with Gasteiger partial charge in [-0.25, -0.2) is 0 Å². The minimum atomic E-state index is -0.759. The molecule has 0 bridgehead atoms. The van der Waals surface area contributed by atoms with E-state index in [-0.39, 0.29) is 17.9 Å². The van der Waals surface area contributed by atoms with E-state index in [0.717, 1.165) is 0 Å². The average molecular weight is 380 g/mol. The fourth-order valence-corrected chi connectivity index (χ4v) is 3.33. The van der Waals surface area contributed by atoms with Crippen LogP contribution < -0.4 is 4.74 Å². The Labute approximate surface area is 164 Å². The van der Waals surface area contributed by atoms with Crippen LogP contribution in [0.15, 0.2) is 60.0 Å². The molecule has 0 radical (unpaired) electrons. The Morgan fingerprint density at radius 1 is 1.18 bits per heavy atom. The van der Waals surface area contributed by atoms with Gasteiger partial charge in [-0.15, -0.1) is 0 Å². The van der Waals surface area contributed by atoms with Crippen molar-refractivity contribution in [2.75, 3.05) is 7.11 Å². The zero-order valence-electron chi connectivity index (χ0n) is 16.5. The number of aliphatic hydroxyl groups excluding tert-OH is 1. The summed E-state index contributed by atoms with van der Waals surface area (Å²) in [5.74, 6) is -0.834. The first-order valence-electron chi connectivity index (χ1n) is 9.07. The highest BCUT2D eigenvalue weighted by molar-refractivity contribution is 6.10. The SMILES string of the molecule is COc1ccccc1C1C(C(=O)C(C)(C)C)=C(O)C(=O)N1Cc1ccccn1. The molecule has 28 heavy (non-hydrogen) atoms. The Kier molecular flexibility index (Phi) is 5.23. The number of ether oxygens (including phenoxy) is 1. The quantitative estimate of drug-likeness (QED) is 0.857. The third kappa shape index (κ3) is 3.50. The van der Waals surface area contributed by atoms with Crippen molar-refractivity contribution in [3.8, 4) is 5.75 Å². The molecule has 0 fully saturated rings. The van der Waals surface area contributed by atoms with Gasteiger partial charge in [0.15, 0.2) is 11.5 Å². The predicted molar refractivity (Wildman–Crippen MR) is 105 cm³/mol. The second kappa shape index (κ2) is 7.46. The molecule has 0 saturated carbocycles. The number of Topliss-reactive ketones (excluding diaryl/α,β-unsaturated/α-hetero) is 1. The number of hydrogen-bond donors (Lipinski definition) is 1. The number of ketones is 1. The highest BCUT2D eigenvalue weighted by Crippen LogP contribution is 2.44. The highest BCUT2D eigenvalue weighted by atomic mass is 16.5. The van der Waals surface area contributed by atoms with E-state index in [1.807, 2.05) is 18.2 Å². The van der Waals surface area contributed by atoms with Gasteiger partial charge < -0.3 is 14.7 Å². The molecule has 1 N–H and O–H groups in total. The molecule has 1 aromatic carbocycles. The monoisotopic (exact) mass is 380 g/mol. The molecular weight excluding hydrogens is 356 g/mol. The average Bonchev–Trinajstić information content (AvgIpc) is 2.92. The van der Waals surface area contributed by atoms with Crippen molar-refractivity contribution in [3.05, 3.63) is 71.3 Å². The number of amides is 1. The minimum absolute atomic E-state index is 0.0953. The summed E-state index contributed by atoms with van der Waals surface area (Å²) < 4.78 is 5.47. The molecule has 146 valence electrons. The molecule has 1 atom stereocenters. The van der Waals surface area contributed by atoms with E-state index in [2.05, 4.69) is 4.98 Å². The standard InChI is InChI=1S/C22H24N2O4/c1-22(2,3)20(26)17-18(15-10-5-6-11-16(15)28-4)24(21(27)19(17)25)13-14-9-7-8-12-23-14/h5-12,18,25H,13H2,1-4H3. The maximum absolute atomic E-state index is 13.2. The molecule has 6 nitrogen and oxygen atoms in total. The van der Waals surface area contributed by atoms with Crippen LogP contribution in [0.1, 0.15) is 38.1 Å². The number of carbonyl (C=O) groups excluding carboxylic acids is 2.